The summed E-state index contributed by atoms with van der Waals surface area (Å²) in [7, 11) is 3.66. The standard InChI is InChI=1S/C28H30N6O2/c1-17(15-29)16-31-26-22-14-20(6-5-19(22)7-10-25(26)36-4)24-9-8-23(30)27(33-24)28(35)32-21-11-12-34(3)18(2)13-21/h5-10,13-14,18,31H,1,11-12,16,30H2,2-4H3,(H,32,35)/t18-/m0/s1. The summed E-state index contributed by atoms with van der Waals surface area (Å²) in [6, 6.07) is 15.6. The molecule has 8 nitrogen and oxygen atoms in total. The SMILES string of the molecule is C=C(C#N)CNc1c(OC)ccc2ccc(-c3ccc(N)c(C(=O)NC4=C[C@H](C)N(C)CC4)n3)cc12. The van der Waals surface area contributed by atoms with Gasteiger partial charge in [-0.15, -0.1) is 0 Å². The van der Waals surface area contributed by atoms with Crippen LogP contribution < -0.4 is 21.1 Å². The summed E-state index contributed by atoms with van der Waals surface area (Å²) in [6.45, 7) is 7.00. The minimum atomic E-state index is -0.322. The van der Waals surface area contributed by atoms with Crippen molar-refractivity contribution in [3.05, 3.63) is 72.1 Å². The predicted octanol–water partition coefficient (Wildman–Crippen LogP) is 4.32. The molecule has 4 rings (SSSR count). The quantitative estimate of drug-likeness (QED) is 0.429. The van der Waals surface area contributed by atoms with Crippen molar-refractivity contribution in [3.63, 3.8) is 0 Å². The van der Waals surface area contributed by atoms with Crippen LogP contribution in [-0.4, -0.2) is 49.1 Å². The van der Waals surface area contributed by atoms with Crippen LogP contribution in [0.5, 0.6) is 5.75 Å². The highest BCUT2D eigenvalue weighted by molar-refractivity contribution is 6.01. The fourth-order valence-corrected chi connectivity index (χ4v) is 4.17. The zero-order chi connectivity index (χ0) is 25.8. The van der Waals surface area contributed by atoms with Gasteiger partial charge in [0.25, 0.3) is 5.91 Å². The molecular weight excluding hydrogens is 452 g/mol. The number of amides is 1. The van der Waals surface area contributed by atoms with E-state index in [2.05, 4.69) is 41.1 Å². The minimum Gasteiger partial charge on any atom is -0.495 e. The summed E-state index contributed by atoms with van der Waals surface area (Å²) in [6.07, 6.45) is 2.81. The first-order chi connectivity index (χ1) is 17.3. The molecule has 8 heteroatoms. The second-order valence-electron chi connectivity index (χ2n) is 8.90. The van der Waals surface area contributed by atoms with E-state index in [9.17, 15) is 4.79 Å². The molecule has 1 aliphatic rings. The third-order valence-electron chi connectivity index (χ3n) is 6.42. The molecule has 0 unspecified atom stereocenters. The Bertz CT molecular complexity index is 1410. The number of nitrogens with one attached hydrogen (secondary N) is 2. The van der Waals surface area contributed by atoms with Crippen LogP contribution >= 0.6 is 0 Å². The molecule has 184 valence electrons. The third kappa shape index (κ3) is 5.16. The Morgan fingerprint density at radius 1 is 1.31 bits per heavy atom. The lowest BCUT2D eigenvalue weighted by Gasteiger charge is -2.28. The van der Waals surface area contributed by atoms with Crippen LogP contribution in [0.3, 0.4) is 0 Å². The van der Waals surface area contributed by atoms with E-state index in [1.165, 1.54) is 0 Å². The van der Waals surface area contributed by atoms with Crippen molar-refractivity contribution >= 4 is 28.1 Å². The Hall–Kier alpha value is -4.35. The topological polar surface area (TPSA) is 116 Å². The second-order valence-corrected chi connectivity index (χ2v) is 8.90. The fourth-order valence-electron chi connectivity index (χ4n) is 4.17. The number of nitrogen functional groups attached to an aromatic ring is 1. The highest BCUT2D eigenvalue weighted by Crippen LogP contribution is 2.36. The second kappa shape index (κ2) is 10.5. The zero-order valence-corrected chi connectivity index (χ0v) is 20.8. The summed E-state index contributed by atoms with van der Waals surface area (Å²) in [5, 5.41) is 17.2. The molecular formula is C28H30N6O2. The number of hydrogen-bond donors (Lipinski definition) is 3. The molecule has 0 saturated carbocycles. The van der Waals surface area contributed by atoms with Gasteiger partial charge >= 0.3 is 0 Å². The highest BCUT2D eigenvalue weighted by Gasteiger charge is 2.19. The molecule has 2 heterocycles. The highest BCUT2D eigenvalue weighted by atomic mass is 16.5. The molecule has 0 radical (unpaired) electrons. The van der Waals surface area contributed by atoms with E-state index in [1.54, 1.807) is 19.2 Å². The van der Waals surface area contributed by atoms with E-state index >= 15 is 0 Å². The Morgan fingerprint density at radius 2 is 2.08 bits per heavy atom. The summed E-state index contributed by atoms with van der Waals surface area (Å²) in [4.78, 5) is 19.9. The van der Waals surface area contributed by atoms with Gasteiger partial charge in [0.05, 0.1) is 30.2 Å². The number of carbonyl (C=O) groups is 1. The number of aromatic nitrogens is 1. The number of ether oxygens (including phenoxy) is 1. The largest absolute Gasteiger partial charge is 0.495 e. The van der Waals surface area contributed by atoms with Gasteiger partial charge in [0.1, 0.15) is 5.75 Å². The number of benzene rings is 2. The smallest absolute Gasteiger partial charge is 0.276 e. The van der Waals surface area contributed by atoms with Crippen molar-refractivity contribution in [1.29, 1.82) is 5.26 Å². The number of anilines is 2. The van der Waals surface area contributed by atoms with Crippen LogP contribution in [0.4, 0.5) is 11.4 Å². The molecule has 1 aliphatic heterocycles. The van der Waals surface area contributed by atoms with Crippen molar-refractivity contribution < 1.29 is 9.53 Å². The normalized spacial score (nSPS) is 15.6. The number of nitrogens with two attached hydrogens (primary N) is 1. The molecule has 1 atom stereocenters. The molecule has 1 amide bonds. The maximum absolute atomic E-state index is 13.1. The molecule has 2 aromatic carbocycles. The summed E-state index contributed by atoms with van der Waals surface area (Å²) in [5.74, 6) is 0.327. The molecule has 36 heavy (non-hydrogen) atoms. The lowest BCUT2D eigenvalue weighted by molar-refractivity contribution is 0.0958. The van der Waals surface area contributed by atoms with E-state index in [0.29, 0.717) is 29.2 Å². The van der Waals surface area contributed by atoms with Crippen LogP contribution in [0.25, 0.3) is 22.0 Å². The number of nitriles is 1. The number of likely N-dealkylation sites (N-methyl/N-ethyl adjacent to an activating group) is 1. The van der Waals surface area contributed by atoms with Gasteiger partial charge in [0.2, 0.25) is 0 Å². The van der Waals surface area contributed by atoms with Gasteiger partial charge in [-0.05, 0) is 49.7 Å². The van der Waals surface area contributed by atoms with E-state index in [4.69, 9.17) is 15.7 Å². The first kappa shape index (κ1) is 24.8. The van der Waals surface area contributed by atoms with Crippen LogP contribution in [0, 0.1) is 11.3 Å². The van der Waals surface area contributed by atoms with E-state index in [1.807, 2.05) is 42.5 Å². The van der Waals surface area contributed by atoms with Gasteiger partial charge in [-0.3, -0.25) is 9.69 Å². The van der Waals surface area contributed by atoms with E-state index < -0.39 is 0 Å². The monoisotopic (exact) mass is 482 g/mol. The van der Waals surface area contributed by atoms with Crippen LogP contribution in [-0.2, 0) is 0 Å². The van der Waals surface area contributed by atoms with Gasteiger partial charge in [-0.25, -0.2) is 4.98 Å². The Kier molecular flexibility index (Phi) is 7.23. The lowest BCUT2D eigenvalue weighted by Crippen LogP contribution is -2.36. The van der Waals surface area contributed by atoms with Gasteiger partial charge < -0.3 is 21.1 Å². The number of fused-ring (bicyclic) bond motifs is 1. The van der Waals surface area contributed by atoms with Crippen molar-refractivity contribution in [2.45, 2.75) is 19.4 Å². The number of methoxy groups -OCH3 is 1. The molecule has 0 spiro atoms. The van der Waals surface area contributed by atoms with Gasteiger partial charge in [-0.1, -0.05) is 24.8 Å². The molecule has 4 N–H and O–H groups in total. The molecule has 3 aromatic rings. The minimum absolute atomic E-state index is 0.189. The van der Waals surface area contributed by atoms with Crippen LogP contribution in [0.15, 0.2) is 66.4 Å². The number of nitrogens with zero attached hydrogens (tertiary/aromatic N) is 3. The number of carbonyl (C=O) groups excluding carboxylic acids is 1. The molecule has 0 aliphatic carbocycles. The van der Waals surface area contributed by atoms with Crippen molar-refractivity contribution in [2.75, 3.05) is 38.3 Å². The first-order valence-corrected chi connectivity index (χ1v) is 11.7. The summed E-state index contributed by atoms with van der Waals surface area (Å²) in [5.41, 5.74) is 10.1. The Balaban J connectivity index is 1.69. The van der Waals surface area contributed by atoms with Gasteiger partial charge in [-0.2, -0.15) is 5.26 Å². The van der Waals surface area contributed by atoms with Gasteiger partial charge in [0, 0.05) is 47.8 Å². The number of pyridine rings is 1. The van der Waals surface area contributed by atoms with E-state index in [0.717, 1.165) is 40.7 Å². The average Bonchev–Trinajstić information content (AvgIpc) is 2.88. The summed E-state index contributed by atoms with van der Waals surface area (Å²) >= 11 is 0. The zero-order valence-electron chi connectivity index (χ0n) is 20.8. The van der Waals surface area contributed by atoms with E-state index in [-0.39, 0.29) is 17.6 Å². The lowest BCUT2D eigenvalue weighted by atomic mass is 10.0. The number of hydrogen-bond acceptors (Lipinski definition) is 7. The molecule has 0 fully saturated rings. The van der Waals surface area contributed by atoms with Crippen LogP contribution in [0.1, 0.15) is 23.8 Å². The third-order valence-corrected chi connectivity index (χ3v) is 6.42. The first-order valence-electron chi connectivity index (χ1n) is 11.7. The Labute approximate surface area is 211 Å². The predicted molar refractivity (Wildman–Crippen MR) is 144 cm³/mol. The van der Waals surface area contributed by atoms with Crippen LogP contribution in [0.2, 0.25) is 0 Å². The molecule has 0 bridgehead atoms. The maximum atomic E-state index is 13.1. The van der Waals surface area contributed by atoms with Crippen molar-refractivity contribution in [3.8, 4) is 23.1 Å². The molecule has 0 saturated heterocycles. The van der Waals surface area contributed by atoms with Crippen molar-refractivity contribution in [2.24, 2.45) is 0 Å². The average molecular weight is 483 g/mol. The van der Waals surface area contributed by atoms with Gasteiger partial charge in [0.15, 0.2) is 5.69 Å². The Morgan fingerprint density at radius 3 is 2.81 bits per heavy atom. The number of rotatable bonds is 7. The fraction of sp³-hybridized carbons (Fsp3) is 0.250. The molecule has 1 aromatic heterocycles. The maximum Gasteiger partial charge on any atom is 0.276 e. The summed E-state index contributed by atoms with van der Waals surface area (Å²) < 4.78 is 5.55. The van der Waals surface area contributed by atoms with Crippen molar-refractivity contribution in [1.82, 2.24) is 15.2 Å².